The minimum absolute atomic E-state index is 0.256. The van der Waals surface area contributed by atoms with Crippen LogP contribution in [-0.2, 0) is 0 Å². The maximum atomic E-state index is 15.3. The summed E-state index contributed by atoms with van der Waals surface area (Å²) < 4.78 is 15.3. The van der Waals surface area contributed by atoms with Crippen molar-refractivity contribution in [2.75, 3.05) is 5.32 Å². The number of aromatic amines is 2. The van der Waals surface area contributed by atoms with E-state index in [0.717, 1.165) is 16.0 Å². The highest BCUT2D eigenvalue weighted by Gasteiger charge is 2.19. The summed E-state index contributed by atoms with van der Waals surface area (Å²) >= 11 is 1.68. The van der Waals surface area contributed by atoms with Crippen molar-refractivity contribution in [2.45, 2.75) is 6.92 Å². The Hall–Kier alpha value is -5.22. The second-order valence-electron chi connectivity index (χ2n) is 9.29. The molecule has 0 aliphatic carbocycles. The topological polar surface area (TPSA) is 112 Å². The summed E-state index contributed by atoms with van der Waals surface area (Å²) in [6, 6.07) is 20.0. The molecule has 0 saturated carbocycles. The van der Waals surface area contributed by atoms with Gasteiger partial charge >= 0.3 is 0 Å². The van der Waals surface area contributed by atoms with Gasteiger partial charge in [0, 0.05) is 44.2 Å². The van der Waals surface area contributed by atoms with Crippen molar-refractivity contribution in [2.24, 2.45) is 0 Å². The number of hydrogen-bond acceptors (Lipinski definition) is 6. The number of nitrogens with zero attached hydrogens (tertiary/aromatic N) is 4. The maximum absolute atomic E-state index is 15.3. The number of hydrogen-bond donors (Lipinski definition) is 3. The van der Waals surface area contributed by atoms with Crippen molar-refractivity contribution in [3.63, 3.8) is 0 Å². The Balaban J connectivity index is 1.28. The van der Waals surface area contributed by atoms with Crippen molar-refractivity contribution < 1.29 is 9.18 Å². The molecule has 7 aromatic rings. The summed E-state index contributed by atoms with van der Waals surface area (Å²) in [6.45, 7) is 2.06. The molecule has 0 saturated heterocycles. The van der Waals surface area contributed by atoms with Crippen LogP contribution in [0.4, 0.5) is 10.1 Å². The van der Waals surface area contributed by atoms with Gasteiger partial charge in [-0.1, -0.05) is 18.2 Å². The Labute approximate surface area is 231 Å². The van der Waals surface area contributed by atoms with Gasteiger partial charge in [-0.2, -0.15) is 5.10 Å². The first kappa shape index (κ1) is 23.9. The van der Waals surface area contributed by atoms with Crippen LogP contribution in [0.3, 0.4) is 0 Å². The highest BCUT2D eigenvalue weighted by Crippen LogP contribution is 2.35. The molecule has 0 radical (unpaired) electrons. The van der Waals surface area contributed by atoms with Crippen molar-refractivity contribution >= 4 is 45.0 Å². The number of aromatic nitrogens is 6. The average molecular weight is 546 g/mol. The fraction of sp³-hybridized carbons (Fsp3) is 0.0333. The van der Waals surface area contributed by atoms with Crippen LogP contribution in [0, 0.1) is 12.7 Å². The van der Waals surface area contributed by atoms with Crippen molar-refractivity contribution in [1.82, 2.24) is 30.1 Å². The smallest absolute Gasteiger partial charge is 0.255 e. The summed E-state index contributed by atoms with van der Waals surface area (Å²) in [5, 5.41) is 10.6. The fourth-order valence-electron chi connectivity index (χ4n) is 4.69. The standard InChI is InChI=1S/C30H20FN7OS/c1-16-7-8-24(40-16)21-9-10-33-28-26(21)35-29(36-28)27-22-12-18(13-23(31)25(22)37-38-27)19-11-20(15-32-14-19)34-30(39)17-5-3-2-4-6-17/h2-15H,1H3,(H,34,39)(H,37,38)(H,33,35,36). The molecular weight excluding hydrogens is 525 g/mol. The van der Waals surface area contributed by atoms with Gasteiger partial charge in [-0.3, -0.25) is 14.9 Å². The largest absolute Gasteiger partial charge is 0.321 e. The monoisotopic (exact) mass is 545 g/mol. The lowest BCUT2D eigenvalue weighted by Crippen LogP contribution is -2.11. The summed E-state index contributed by atoms with van der Waals surface area (Å²) in [4.78, 5) is 31.7. The van der Waals surface area contributed by atoms with Gasteiger partial charge in [0.25, 0.3) is 5.91 Å². The van der Waals surface area contributed by atoms with E-state index in [-0.39, 0.29) is 11.4 Å². The van der Waals surface area contributed by atoms with Crippen molar-refractivity contribution in [3.8, 4) is 33.1 Å². The first-order chi connectivity index (χ1) is 19.5. The van der Waals surface area contributed by atoms with Gasteiger partial charge in [-0.25, -0.2) is 14.4 Å². The number of nitrogens with one attached hydrogen (secondary N) is 3. The van der Waals surface area contributed by atoms with E-state index in [2.05, 4.69) is 49.5 Å². The Morgan fingerprint density at radius 3 is 2.70 bits per heavy atom. The molecule has 1 amide bonds. The van der Waals surface area contributed by atoms with E-state index < -0.39 is 5.82 Å². The number of H-pyrrole nitrogens is 2. The zero-order valence-electron chi connectivity index (χ0n) is 21.1. The molecule has 0 bridgehead atoms. The number of thiophene rings is 1. The minimum atomic E-state index is -0.464. The summed E-state index contributed by atoms with van der Waals surface area (Å²) in [6.07, 6.45) is 4.92. The zero-order chi connectivity index (χ0) is 27.2. The predicted molar refractivity (Wildman–Crippen MR) is 155 cm³/mol. The van der Waals surface area contributed by atoms with Gasteiger partial charge < -0.3 is 10.3 Å². The first-order valence-corrected chi connectivity index (χ1v) is 13.3. The number of carbonyl (C=O) groups is 1. The molecule has 10 heteroatoms. The third kappa shape index (κ3) is 4.20. The van der Waals surface area contributed by atoms with Gasteiger partial charge in [-0.15, -0.1) is 11.3 Å². The molecule has 5 heterocycles. The molecule has 0 aliphatic rings. The molecule has 0 atom stereocenters. The molecule has 5 aromatic heterocycles. The highest BCUT2D eigenvalue weighted by atomic mass is 32.1. The number of anilines is 1. The highest BCUT2D eigenvalue weighted by molar-refractivity contribution is 7.15. The van der Waals surface area contributed by atoms with Crippen LogP contribution < -0.4 is 5.32 Å². The number of carbonyl (C=O) groups excluding carboxylic acids is 1. The van der Waals surface area contributed by atoms with Crippen LogP contribution in [0.15, 0.2) is 85.3 Å². The Bertz CT molecular complexity index is 2040. The zero-order valence-corrected chi connectivity index (χ0v) is 21.9. The Kier molecular flexibility index (Phi) is 5.67. The second-order valence-corrected chi connectivity index (χ2v) is 10.6. The number of fused-ring (bicyclic) bond motifs is 2. The lowest BCUT2D eigenvalue weighted by Gasteiger charge is -2.08. The van der Waals surface area contributed by atoms with E-state index in [1.807, 2.05) is 18.2 Å². The molecule has 40 heavy (non-hydrogen) atoms. The lowest BCUT2D eigenvalue weighted by atomic mass is 10.0. The SMILES string of the molecule is Cc1ccc(-c2ccnc3[nH]c(-c4n[nH]c5c(F)cc(-c6cncc(NC(=O)c7ccccc7)c6)cc45)nc23)s1. The van der Waals surface area contributed by atoms with E-state index in [4.69, 9.17) is 4.98 Å². The van der Waals surface area contributed by atoms with Gasteiger partial charge in [0.15, 0.2) is 11.5 Å². The average Bonchev–Trinajstić information content (AvgIpc) is 3.71. The second kappa shape index (κ2) is 9.51. The third-order valence-corrected chi connectivity index (χ3v) is 7.64. The van der Waals surface area contributed by atoms with Crippen LogP contribution in [-0.4, -0.2) is 36.0 Å². The van der Waals surface area contributed by atoms with Crippen LogP contribution in [0.2, 0.25) is 0 Å². The maximum Gasteiger partial charge on any atom is 0.255 e. The first-order valence-electron chi connectivity index (χ1n) is 12.4. The minimum Gasteiger partial charge on any atom is -0.321 e. The van der Waals surface area contributed by atoms with Crippen LogP contribution in [0.1, 0.15) is 15.2 Å². The number of benzene rings is 2. The van der Waals surface area contributed by atoms with E-state index in [9.17, 15) is 4.79 Å². The Morgan fingerprint density at radius 2 is 1.88 bits per heavy atom. The number of amides is 1. The van der Waals surface area contributed by atoms with Gasteiger partial charge in [0.1, 0.15) is 22.5 Å². The quantitative estimate of drug-likeness (QED) is 0.216. The number of pyridine rings is 2. The van der Waals surface area contributed by atoms with Crippen LogP contribution in [0.25, 0.3) is 55.2 Å². The van der Waals surface area contributed by atoms with Crippen LogP contribution in [0.5, 0.6) is 0 Å². The van der Waals surface area contributed by atoms with Gasteiger partial charge in [0.05, 0.1) is 11.9 Å². The molecule has 0 fully saturated rings. The molecular formula is C30H20FN7OS. The van der Waals surface area contributed by atoms with Gasteiger partial charge in [-0.05, 0) is 61.0 Å². The lowest BCUT2D eigenvalue weighted by molar-refractivity contribution is 0.102. The molecule has 7 rings (SSSR count). The fourth-order valence-corrected chi connectivity index (χ4v) is 5.58. The van der Waals surface area contributed by atoms with Crippen molar-refractivity contribution in [1.29, 1.82) is 0 Å². The molecule has 0 aliphatic heterocycles. The summed E-state index contributed by atoms with van der Waals surface area (Å²) in [5.74, 6) is -0.240. The normalized spacial score (nSPS) is 11.3. The third-order valence-electron chi connectivity index (χ3n) is 6.61. The molecule has 0 spiro atoms. The summed E-state index contributed by atoms with van der Waals surface area (Å²) in [7, 11) is 0. The number of rotatable bonds is 5. The number of halogens is 1. The molecule has 3 N–H and O–H groups in total. The predicted octanol–water partition coefficient (Wildman–Crippen LogP) is 6.99. The van der Waals surface area contributed by atoms with E-state index in [0.29, 0.717) is 44.9 Å². The summed E-state index contributed by atoms with van der Waals surface area (Å²) in [5.41, 5.74) is 5.31. The Morgan fingerprint density at radius 1 is 1.00 bits per heavy atom. The number of imidazole rings is 1. The molecule has 8 nitrogen and oxygen atoms in total. The number of aryl methyl sites for hydroxylation is 1. The molecule has 194 valence electrons. The van der Waals surface area contributed by atoms with E-state index in [1.54, 1.807) is 60.3 Å². The van der Waals surface area contributed by atoms with Crippen molar-refractivity contribution in [3.05, 3.63) is 102 Å². The van der Waals surface area contributed by atoms with Gasteiger partial charge in [0.2, 0.25) is 0 Å². The molecule has 2 aromatic carbocycles. The molecule has 0 unspecified atom stereocenters. The van der Waals surface area contributed by atoms with E-state index >= 15 is 4.39 Å². The van der Waals surface area contributed by atoms with E-state index in [1.165, 1.54) is 10.9 Å². The van der Waals surface area contributed by atoms with Crippen LogP contribution >= 0.6 is 11.3 Å².